The van der Waals surface area contributed by atoms with E-state index in [0.29, 0.717) is 0 Å². The Morgan fingerprint density at radius 1 is 1.12 bits per heavy atom. The van der Waals surface area contributed by atoms with Crippen molar-refractivity contribution < 1.29 is 9.50 Å². The molecule has 0 radical (unpaired) electrons. The Hall–Kier alpha value is -1.88. The van der Waals surface area contributed by atoms with Crippen LogP contribution in [0.1, 0.15) is 24.4 Å². The van der Waals surface area contributed by atoms with Crippen molar-refractivity contribution in [3.05, 3.63) is 72.2 Å². The summed E-state index contributed by atoms with van der Waals surface area (Å²) in [7, 11) is 0. The largest absolute Gasteiger partial charge is 0.389 e. The van der Waals surface area contributed by atoms with Gasteiger partial charge in [0.25, 0.3) is 0 Å². The number of nitrogens with one attached hydrogen (secondary N) is 1. The highest BCUT2D eigenvalue weighted by molar-refractivity contribution is 5.85. The molecule has 2 N–H and O–H groups in total. The summed E-state index contributed by atoms with van der Waals surface area (Å²) in [5.41, 5.74) is 1.83. The molecule has 0 unspecified atom stereocenters. The van der Waals surface area contributed by atoms with Crippen molar-refractivity contribution in [1.82, 2.24) is 9.88 Å². The topological polar surface area (TPSA) is 37.2 Å². The van der Waals surface area contributed by atoms with Gasteiger partial charge in [0.15, 0.2) is 0 Å². The fourth-order valence-electron chi connectivity index (χ4n) is 3.78. The van der Waals surface area contributed by atoms with E-state index in [1.807, 2.05) is 36.5 Å². The van der Waals surface area contributed by atoms with Gasteiger partial charge in [0.05, 0.1) is 12.1 Å². The minimum Gasteiger partial charge on any atom is -0.389 e. The number of hydrogen-bond donors (Lipinski definition) is 2. The van der Waals surface area contributed by atoms with Gasteiger partial charge in [-0.1, -0.05) is 30.3 Å². The summed E-state index contributed by atoms with van der Waals surface area (Å²) >= 11 is 0. The zero-order chi connectivity index (χ0) is 16.5. The Morgan fingerprint density at radius 2 is 1.96 bits per heavy atom. The van der Waals surface area contributed by atoms with Crippen LogP contribution in [0.3, 0.4) is 0 Å². The van der Waals surface area contributed by atoms with Crippen LogP contribution in [0, 0.1) is 5.82 Å². The van der Waals surface area contributed by atoms with E-state index in [-0.39, 0.29) is 30.3 Å². The molecule has 0 bridgehead atoms. The molecule has 0 saturated carbocycles. The van der Waals surface area contributed by atoms with E-state index in [0.717, 1.165) is 35.9 Å². The molecule has 1 fully saturated rings. The number of rotatable bonds is 4. The van der Waals surface area contributed by atoms with Crippen molar-refractivity contribution in [3.63, 3.8) is 0 Å². The summed E-state index contributed by atoms with van der Waals surface area (Å²) in [6.45, 7) is 0.921. The van der Waals surface area contributed by atoms with Gasteiger partial charge >= 0.3 is 0 Å². The number of para-hydroxylation sites is 1. The molecule has 1 aromatic heterocycles. The first-order chi connectivity index (χ1) is 11.7. The molecule has 132 valence electrons. The first kappa shape index (κ1) is 17.9. The van der Waals surface area contributed by atoms with Crippen LogP contribution in [0.15, 0.2) is 60.8 Å². The van der Waals surface area contributed by atoms with E-state index >= 15 is 0 Å². The molecule has 5 heteroatoms. The minimum atomic E-state index is -0.620. The van der Waals surface area contributed by atoms with Crippen LogP contribution >= 0.6 is 12.4 Å². The van der Waals surface area contributed by atoms with Crippen LogP contribution < -0.4 is 5.32 Å². The highest BCUT2D eigenvalue weighted by Gasteiger charge is 2.32. The maximum atomic E-state index is 13.8. The third-order valence-electron chi connectivity index (χ3n) is 4.95. The Kier molecular flexibility index (Phi) is 5.42. The molecular formula is C20H22ClFN2O. The lowest BCUT2D eigenvalue weighted by molar-refractivity contribution is 0.0970. The molecule has 0 spiro atoms. The molecule has 2 aromatic carbocycles. The van der Waals surface area contributed by atoms with Gasteiger partial charge in [-0.15, -0.1) is 12.4 Å². The summed E-state index contributed by atoms with van der Waals surface area (Å²) in [5.74, 6) is -0.277. The molecule has 1 saturated heterocycles. The number of aromatic nitrogens is 1. The third-order valence-corrected chi connectivity index (χ3v) is 4.95. The number of halogens is 2. The van der Waals surface area contributed by atoms with Crippen LogP contribution in [-0.4, -0.2) is 28.4 Å². The maximum absolute atomic E-state index is 13.8. The van der Waals surface area contributed by atoms with Crippen molar-refractivity contribution in [3.8, 4) is 0 Å². The standard InChI is InChI=1S/C20H21FN2O.ClH/c21-16-7-3-6-15(13-16)19(20(24)17-8-4-11-22-17)23-12-10-14-5-1-2-9-18(14)23;/h1-3,5-7,9-10,12-13,17,19-20,22,24H,4,8,11H2;1H/t17-,19-,20+;/m0./s1. The highest BCUT2D eigenvalue weighted by Crippen LogP contribution is 2.31. The molecule has 0 amide bonds. The molecule has 3 aromatic rings. The monoisotopic (exact) mass is 360 g/mol. The predicted octanol–water partition coefficient (Wildman–Crippen LogP) is 3.90. The first-order valence-corrected chi connectivity index (χ1v) is 8.46. The molecule has 3 atom stereocenters. The van der Waals surface area contributed by atoms with E-state index < -0.39 is 6.10 Å². The van der Waals surface area contributed by atoms with Crippen molar-refractivity contribution in [2.45, 2.75) is 31.0 Å². The number of aliphatic hydroxyl groups excluding tert-OH is 1. The zero-order valence-electron chi connectivity index (χ0n) is 13.8. The summed E-state index contributed by atoms with van der Waals surface area (Å²) < 4.78 is 15.9. The van der Waals surface area contributed by atoms with E-state index in [2.05, 4.69) is 16.0 Å². The average molecular weight is 361 g/mol. The van der Waals surface area contributed by atoms with Crippen LogP contribution in [0.4, 0.5) is 4.39 Å². The number of fused-ring (bicyclic) bond motifs is 1. The second-order valence-corrected chi connectivity index (χ2v) is 6.48. The van der Waals surface area contributed by atoms with Crippen molar-refractivity contribution in [2.75, 3.05) is 6.54 Å². The van der Waals surface area contributed by atoms with Gasteiger partial charge in [0.2, 0.25) is 0 Å². The van der Waals surface area contributed by atoms with Crippen LogP contribution in [0.2, 0.25) is 0 Å². The van der Waals surface area contributed by atoms with Gasteiger partial charge in [-0.2, -0.15) is 0 Å². The minimum absolute atomic E-state index is 0. The molecule has 3 nitrogen and oxygen atoms in total. The van der Waals surface area contributed by atoms with Crippen LogP contribution in [0.5, 0.6) is 0 Å². The van der Waals surface area contributed by atoms with Gasteiger partial charge in [-0.25, -0.2) is 4.39 Å². The lowest BCUT2D eigenvalue weighted by atomic mass is 9.94. The predicted molar refractivity (Wildman–Crippen MR) is 101 cm³/mol. The Labute approximate surface area is 152 Å². The Balaban J connectivity index is 0.00000182. The second kappa shape index (κ2) is 7.56. The maximum Gasteiger partial charge on any atom is 0.123 e. The number of benzene rings is 2. The molecule has 4 rings (SSSR count). The van der Waals surface area contributed by atoms with E-state index in [1.54, 1.807) is 6.07 Å². The quantitative estimate of drug-likeness (QED) is 0.740. The SMILES string of the molecule is Cl.O[C@H]([C@@H]1CCCN1)[C@H](c1cccc(F)c1)n1ccc2ccccc21. The van der Waals surface area contributed by atoms with Crippen molar-refractivity contribution in [1.29, 1.82) is 0 Å². The Morgan fingerprint density at radius 3 is 2.72 bits per heavy atom. The van der Waals surface area contributed by atoms with Gasteiger partial charge < -0.3 is 15.0 Å². The highest BCUT2D eigenvalue weighted by atomic mass is 35.5. The van der Waals surface area contributed by atoms with Crippen LogP contribution in [0.25, 0.3) is 10.9 Å². The normalized spacial score (nSPS) is 19.5. The molecule has 1 aliphatic heterocycles. The van der Waals surface area contributed by atoms with Crippen molar-refractivity contribution >= 4 is 23.3 Å². The van der Waals surface area contributed by atoms with Crippen LogP contribution in [-0.2, 0) is 0 Å². The van der Waals surface area contributed by atoms with E-state index in [4.69, 9.17) is 0 Å². The lowest BCUT2D eigenvalue weighted by Gasteiger charge is -2.30. The fourth-order valence-corrected chi connectivity index (χ4v) is 3.78. The number of nitrogens with zero attached hydrogens (tertiary/aromatic N) is 1. The van der Waals surface area contributed by atoms with E-state index in [9.17, 15) is 9.50 Å². The summed E-state index contributed by atoms with van der Waals surface area (Å²) in [4.78, 5) is 0. The third kappa shape index (κ3) is 3.43. The average Bonchev–Trinajstić information content (AvgIpc) is 3.25. The van der Waals surface area contributed by atoms with Gasteiger partial charge in [0.1, 0.15) is 5.82 Å². The number of hydrogen-bond acceptors (Lipinski definition) is 2. The van der Waals surface area contributed by atoms with Crippen molar-refractivity contribution in [2.24, 2.45) is 0 Å². The molecule has 2 heterocycles. The van der Waals surface area contributed by atoms with E-state index in [1.165, 1.54) is 12.1 Å². The zero-order valence-corrected chi connectivity index (χ0v) is 14.6. The Bertz CT molecular complexity index is 844. The van der Waals surface area contributed by atoms with Gasteiger partial charge in [0, 0.05) is 17.8 Å². The van der Waals surface area contributed by atoms with Gasteiger partial charge in [-0.3, -0.25) is 0 Å². The summed E-state index contributed by atoms with van der Waals surface area (Å²) in [5, 5.41) is 15.6. The summed E-state index contributed by atoms with van der Waals surface area (Å²) in [6.07, 6.45) is 3.36. The lowest BCUT2D eigenvalue weighted by Crippen LogP contribution is -2.41. The number of aliphatic hydroxyl groups is 1. The fraction of sp³-hybridized carbons (Fsp3) is 0.300. The molecule has 0 aliphatic carbocycles. The van der Waals surface area contributed by atoms with Gasteiger partial charge in [-0.05, 0) is 54.6 Å². The molecule has 1 aliphatic rings. The summed E-state index contributed by atoms with van der Waals surface area (Å²) in [6, 6.07) is 16.4. The molecular weight excluding hydrogens is 339 g/mol. The molecule has 25 heavy (non-hydrogen) atoms. The first-order valence-electron chi connectivity index (χ1n) is 8.46. The smallest absolute Gasteiger partial charge is 0.123 e. The second-order valence-electron chi connectivity index (χ2n) is 6.48.